The highest BCUT2D eigenvalue weighted by Gasteiger charge is 2.19. The lowest BCUT2D eigenvalue weighted by Gasteiger charge is -2.18. The van der Waals surface area contributed by atoms with Crippen LogP contribution in [0.4, 0.5) is 0 Å². The third-order valence-electron chi connectivity index (χ3n) is 9.43. The lowest BCUT2D eigenvalue weighted by Crippen LogP contribution is -2.30. The normalized spacial score (nSPS) is 13.1. The molecule has 0 aliphatic heterocycles. The van der Waals surface area contributed by atoms with Gasteiger partial charge in [-0.15, -0.1) is 0 Å². The molecular weight excluding hydrogens is 733 g/mol. The fraction of sp³-hybridized carbons (Fsp3) is 0.604. The van der Waals surface area contributed by atoms with E-state index in [9.17, 15) is 14.4 Å². The predicted octanol–water partition coefficient (Wildman–Crippen LogP) is 15.2. The third-order valence-corrected chi connectivity index (χ3v) is 9.43. The van der Waals surface area contributed by atoms with Crippen molar-refractivity contribution < 1.29 is 28.6 Å². The van der Waals surface area contributed by atoms with Crippen molar-refractivity contribution in [2.75, 3.05) is 13.2 Å². The van der Waals surface area contributed by atoms with Crippen molar-refractivity contribution in [2.45, 2.75) is 194 Å². The molecule has 0 aliphatic rings. The molecule has 1 atom stereocenters. The molecule has 0 fully saturated rings. The van der Waals surface area contributed by atoms with E-state index >= 15 is 0 Å². The van der Waals surface area contributed by atoms with Crippen LogP contribution in [0.5, 0.6) is 0 Å². The first-order chi connectivity index (χ1) is 29.0. The van der Waals surface area contributed by atoms with Crippen LogP contribution in [-0.2, 0) is 28.6 Å². The molecule has 0 amide bonds. The highest BCUT2D eigenvalue weighted by molar-refractivity contribution is 5.71. The second-order valence-corrected chi connectivity index (χ2v) is 15.1. The number of unbranched alkanes of at least 4 members (excludes halogenated alkanes) is 17. The first-order valence-electron chi connectivity index (χ1n) is 23.5. The van der Waals surface area contributed by atoms with Gasteiger partial charge in [0.05, 0.1) is 0 Å². The molecule has 0 bridgehead atoms. The molecule has 0 spiro atoms. The molecule has 0 N–H and O–H groups in total. The van der Waals surface area contributed by atoms with Crippen molar-refractivity contribution in [3.8, 4) is 0 Å². The Bertz CT molecular complexity index is 1260. The molecule has 0 aromatic carbocycles. The van der Waals surface area contributed by atoms with Crippen LogP contribution in [0, 0.1) is 0 Å². The van der Waals surface area contributed by atoms with Crippen LogP contribution in [0.1, 0.15) is 188 Å². The quantitative estimate of drug-likeness (QED) is 0.0201. The number of ether oxygens (including phenoxy) is 3. The van der Waals surface area contributed by atoms with Gasteiger partial charge in [0, 0.05) is 19.3 Å². The van der Waals surface area contributed by atoms with Gasteiger partial charge in [-0.1, -0.05) is 194 Å². The number of carbonyl (C=O) groups is 3. The Hall–Kier alpha value is -3.93. The van der Waals surface area contributed by atoms with Gasteiger partial charge in [0.15, 0.2) is 6.10 Å². The highest BCUT2D eigenvalue weighted by Crippen LogP contribution is 2.12. The number of carbonyl (C=O) groups excluding carboxylic acids is 3. The van der Waals surface area contributed by atoms with Gasteiger partial charge in [0.25, 0.3) is 0 Å². The molecule has 0 saturated heterocycles. The number of allylic oxidation sites excluding steroid dienone is 18. The molecule has 0 aromatic rings. The third kappa shape index (κ3) is 45.0. The Morgan fingerprint density at radius 1 is 0.356 bits per heavy atom. The van der Waals surface area contributed by atoms with Crippen molar-refractivity contribution in [1.82, 2.24) is 0 Å². The summed E-state index contributed by atoms with van der Waals surface area (Å²) in [5.74, 6) is -1.00. The van der Waals surface area contributed by atoms with Gasteiger partial charge >= 0.3 is 17.9 Å². The molecule has 0 heterocycles. The highest BCUT2D eigenvalue weighted by atomic mass is 16.6. The maximum absolute atomic E-state index is 12.7. The summed E-state index contributed by atoms with van der Waals surface area (Å²) in [5, 5.41) is 0. The predicted molar refractivity (Wildman–Crippen MR) is 251 cm³/mol. The molecule has 6 nitrogen and oxygen atoms in total. The van der Waals surface area contributed by atoms with E-state index < -0.39 is 6.10 Å². The average molecular weight is 817 g/mol. The van der Waals surface area contributed by atoms with Gasteiger partial charge < -0.3 is 14.2 Å². The number of rotatable bonds is 40. The minimum Gasteiger partial charge on any atom is -0.462 e. The molecule has 6 heteroatoms. The minimum atomic E-state index is -0.813. The number of esters is 3. The van der Waals surface area contributed by atoms with Crippen molar-refractivity contribution in [1.29, 1.82) is 0 Å². The molecule has 0 radical (unpaired) electrons. The monoisotopic (exact) mass is 817 g/mol. The van der Waals surface area contributed by atoms with Gasteiger partial charge in [-0.2, -0.15) is 0 Å². The first-order valence-corrected chi connectivity index (χ1v) is 23.5. The van der Waals surface area contributed by atoms with Crippen LogP contribution in [0.15, 0.2) is 109 Å². The van der Waals surface area contributed by atoms with E-state index in [1.165, 1.54) is 38.5 Å². The molecular formula is C53H84O6. The summed E-state index contributed by atoms with van der Waals surface area (Å²) in [5.41, 5.74) is 0. The molecule has 332 valence electrons. The summed E-state index contributed by atoms with van der Waals surface area (Å²) >= 11 is 0. The van der Waals surface area contributed by atoms with Crippen LogP contribution < -0.4 is 0 Å². The summed E-state index contributed by atoms with van der Waals surface area (Å²) in [4.78, 5) is 37.8. The second-order valence-electron chi connectivity index (χ2n) is 15.1. The Kier molecular flexibility index (Phi) is 43.6. The lowest BCUT2D eigenvalue weighted by molar-refractivity contribution is -0.167. The topological polar surface area (TPSA) is 78.9 Å². The maximum Gasteiger partial charge on any atom is 0.306 e. The zero-order chi connectivity index (χ0) is 43.0. The van der Waals surface area contributed by atoms with Crippen LogP contribution in [0.3, 0.4) is 0 Å². The first kappa shape index (κ1) is 55.1. The summed E-state index contributed by atoms with van der Waals surface area (Å²) in [6.45, 7) is 6.26. The van der Waals surface area contributed by atoms with E-state index in [0.29, 0.717) is 12.8 Å². The number of hydrogen-bond donors (Lipinski definition) is 0. The van der Waals surface area contributed by atoms with Crippen molar-refractivity contribution in [3.63, 3.8) is 0 Å². The van der Waals surface area contributed by atoms with Gasteiger partial charge in [-0.3, -0.25) is 14.4 Å². The van der Waals surface area contributed by atoms with Crippen molar-refractivity contribution in [2.24, 2.45) is 0 Å². The summed E-state index contributed by atoms with van der Waals surface area (Å²) in [7, 11) is 0. The summed E-state index contributed by atoms with van der Waals surface area (Å²) < 4.78 is 16.7. The summed E-state index contributed by atoms with van der Waals surface area (Å²) in [6.07, 6.45) is 62.1. The molecule has 0 aromatic heterocycles. The van der Waals surface area contributed by atoms with Crippen LogP contribution in [0.2, 0.25) is 0 Å². The standard InChI is InChI=1S/C53H84O6/c1-4-7-10-13-16-19-22-25-26-29-31-34-37-40-43-46-52(55)58-49-50(59-53(56)47-44-41-38-35-32-28-24-21-18-15-12-9-6-3)48-57-51(54)45-42-39-36-33-30-27-23-20-17-14-11-8-5-2/h7,9-10,12-13,15-16,18-19,21-22,24-27,29-31,50H,4-6,8,11,14,17,20,23,28,32-49H2,1-3H3/b10-7-,12-9-,16-13-,18-15-,22-19-,24-21-,26-25-,30-27-,31-29-. The lowest BCUT2D eigenvalue weighted by atomic mass is 10.1. The SMILES string of the molecule is CC\C=C/C=C\C=C/C=C\C=C/CCCCCC(=O)OCC(COC(=O)CCCCC/C=C\CCCCCCCC)OC(=O)CCCCCCC\C=C/C=C\C=C/CC. The van der Waals surface area contributed by atoms with Gasteiger partial charge in [-0.25, -0.2) is 0 Å². The van der Waals surface area contributed by atoms with E-state index in [1.807, 2.05) is 54.7 Å². The zero-order valence-corrected chi connectivity index (χ0v) is 37.7. The molecule has 0 saturated carbocycles. The molecule has 1 unspecified atom stereocenters. The van der Waals surface area contributed by atoms with Crippen molar-refractivity contribution in [3.05, 3.63) is 109 Å². The molecule has 0 aliphatic carbocycles. The van der Waals surface area contributed by atoms with Gasteiger partial charge in [0.1, 0.15) is 13.2 Å². The van der Waals surface area contributed by atoms with E-state index in [0.717, 1.165) is 109 Å². The fourth-order valence-corrected chi connectivity index (χ4v) is 5.93. The van der Waals surface area contributed by atoms with Crippen LogP contribution in [-0.4, -0.2) is 37.2 Å². The average Bonchev–Trinajstić information content (AvgIpc) is 3.23. The Labute approximate surface area is 361 Å². The second kappa shape index (κ2) is 46.8. The fourth-order valence-electron chi connectivity index (χ4n) is 5.93. The van der Waals surface area contributed by atoms with Crippen LogP contribution >= 0.6 is 0 Å². The maximum atomic E-state index is 12.7. The number of hydrogen-bond acceptors (Lipinski definition) is 6. The summed E-state index contributed by atoms with van der Waals surface area (Å²) in [6, 6.07) is 0. The van der Waals surface area contributed by atoms with E-state index in [-0.39, 0.29) is 37.5 Å². The Balaban J connectivity index is 4.54. The van der Waals surface area contributed by atoms with Gasteiger partial charge in [-0.05, 0) is 83.5 Å². The Morgan fingerprint density at radius 2 is 0.678 bits per heavy atom. The smallest absolute Gasteiger partial charge is 0.306 e. The minimum absolute atomic E-state index is 0.111. The van der Waals surface area contributed by atoms with E-state index in [1.54, 1.807) is 0 Å². The van der Waals surface area contributed by atoms with E-state index in [4.69, 9.17) is 14.2 Å². The van der Waals surface area contributed by atoms with E-state index in [2.05, 4.69) is 75.5 Å². The van der Waals surface area contributed by atoms with Crippen LogP contribution in [0.25, 0.3) is 0 Å². The molecule has 59 heavy (non-hydrogen) atoms. The van der Waals surface area contributed by atoms with Crippen molar-refractivity contribution >= 4 is 17.9 Å². The zero-order valence-electron chi connectivity index (χ0n) is 37.7. The Morgan fingerprint density at radius 3 is 1.10 bits per heavy atom. The van der Waals surface area contributed by atoms with Gasteiger partial charge in [0.2, 0.25) is 0 Å². The molecule has 0 rings (SSSR count). The largest absolute Gasteiger partial charge is 0.462 e.